The fourth-order valence-electron chi connectivity index (χ4n) is 3.38. The molecule has 1 amide bonds. The van der Waals surface area contributed by atoms with Gasteiger partial charge in [-0.05, 0) is 42.5 Å². The van der Waals surface area contributed by atoms with Crippen LogP contribution in [0, 0.1) is 0 Å². The summed E-state index contributed by atoms with van der Waals surface area (Å²) in [5, 5.41) is 11.8. The SMILES string of the molecule is O=C(c1ccc2nsnc2c1)N1CCN(c2ccc(Nc3ccncc3)nn2)CC1. The van der Waals surface area contributed by atoms with Crippen molar-refractivity contribution in [3.63, 3.8) is 0 Å². The number of hydrogen-bond donors (Lipinski definition) is 1. The van der Waals surface area contributed by atoms with E-state index in [2.05, 4.69) is 34.1 Å². The Morgan fingerprint density at radius 2 is 1.70 bits per heavy atom. The second-order valence-corrected chi connectivity index (χ2v) is 7.41. The van der Waals surface area contributed by atoms with Gasteiger partial charge >= 0.3 is 0 Å². The summed E-state index contributed by atoms with van der Waals surface area (Å²) in [5.41, 5.74) is 3.14. The first-order chi connectivity index (χ1) is 14.8. The highest BCUT2D eigenvalue weighted by Crippen LogP contribution is 2.19. The number of aromatic nitrogens is 5. The standard InChI is InChI=1S/C20H18N8OS/c29-20(14-1-2-16-17(13-14)26-30-25-16)28-11-9-27(10-12-28)19-4-3-18(23-24-19)22-15-5-7-21-8-6-15/h1-8,13H,9-12H2,(H,21,22,23). The number of carbonyl (C=O) groups is 1. The first kappa shape index (κ1) is 18.4. The van der Waals surface area contributed by atoms with Gasteiger partial charge in [0.2, 0.25) is 0 Å². The Hall–Kier alpha value is -3.66. The summed E-state index contributed by atoms with van der Waals surface area (Å²) in [4.78, 5) is 20.8. The predicted octanol–water partition coefficient (Wildman–Crippen LogP) is 2.58. The van der Waals surface area contributed by atoms with Gasteiger partial charge in [0, 0.05) is 49.8 Å². The molecule has 1 saturated heterocycles. The van der Waals surface area contributed by atoms with Crippen LogP contribution in [-0.4, -0.2) is 60.9 Å². The maximum absolute atomic E-state index is 12.8. The number of anilines is 3. The number of carbonyl (C=O) groups excluding carboxylic acids is 1. The van der Waals surface area contributed by atoms with Gasteiger partial charge in [0.05, 0.1) is 11.7 Å². The Morgan fingerprint density at radius 3 is 2.47 bits per heavy atom. The van der Waals surface area contributed by atoms with E-state index in [1.807, 2.05) is 47.4 Å². The first-order valence-corrected chi connectivity index (χ1v) is 10.3. The van der Waals surface area contributed by atoms with Gasteiger partial charge in [0.15, 0.2) is 11.6 Å². The monoisotopic (exact) mass is 418 g/mol. The Bertz CT molecular complexity index is 1160. The van der Waals surface area contributed by atoms with Crippen molar-refractivity contribution in [2.24, 2.45) is 0 Å². The first-order valence-electron chi connectivity index (χ1n) is 9.53. The van der Waals surface area contributed by atoms with E-state index in [0.717, 1.165) is 34.3 Å². The lowest BCUT2D eigenvalue weighted by Crippen LogP contribution is -2.49. The van der Waals surface area contributed by atoms with Crippen LogP contribution in [-0.2, 0) is 0 Å². The lowest BCUT2D eigenvalue weighted by atomic mass is 10.1. The van der Waals surface area contributed by atoms with Gasteiger partial charge in [0.25, 0.3) is 5.91 Å². The molecule has 1 aliphatic heterocycles. The number of pyridine rings is 1. The van der Waals surface area contributed by atoms with Crippen LogP contribution in [0.4, 0.5) is 17.3 Å². The van der Waals surface area contributed by atoms with Crippen LogP contribution in [0.1, 0.15) is 10.4 Å². The highest BCUT2D eigenvalue weighted by Gasteiger charge is 2.23. The number of benzene rings is 1. The van der Waals surface area contributed by atoms with Gasteiger partial charge in [-0.25, -0.2) is 0 Å². The fraction of sp³-hybridized carbons (Fsp3) is 0.200. The van der Waals surface area contributed by atoms with Crippen LogP contribution < -0.4 is 10.2 Å². The predicted molar refractivity (Wildman–Crippen MR) is 115 cm³/mol. The summed E-state index contributed by atoms with van der Waals surface area (Å²) in [5.74, 6) is 1.50. The molecule has 3 aromatic heterocycles. The highest BCUT2D eigenvalue weighted by molar-refractivity contribution is 7.00. The van der Waals surface area contributed by atoms with Crippen molar-refractivity contribution in [2.75, 3.05) is 36.4 Å². The third-order valence-electron chi connectivity index (χ3n) is 4.99. The summed E-state index contributed by atoms with van der Waals surface area (Å²) in [6, 6.07) is 13.1. The van der Waals surface area contributed by atoms with E-state index in [1.165, 1.54) is 0 Å². The van der Waals surface area contributed by atoms with Gasteiger partial charge in [-0.15, -0.1) is 10.2 Å². The quantitative estimate of drug-likeness (QED) is 0.540. The molecule has 5 rings (SSSR count). The molecule has 1 aromatic carbocycles. The Balaban J connectivity index is 1.20. The van der Waals surface area contributed by atoms with E-state index in [1.54, 1.807) is 12.4 Å². The average molecular weight is 418 g/mol. The zero-order valence-corrected chi connectivity index (χ0v) is 16.8. The number of amides is 1. The topological polar surface area (TPSA) is 100 Å². The zero-order chi connectivity index (χ0) is 20.3. The van der Waals surface area contributed by atoms with Crippen molar-refractivity contribution in [1.29, 1.82) is 0 Å². The molecular formula is C20H18N8OS. The van der Waals surface area contributed by atoms with Crippen molar-refractivity contribution in [2.45, 2.75) is 0 Å². The summed E-state index contributed by atoms with van der Waals surface area (Å²) in [6.45, 7) is 2.67. The van der Waals surface area contributed by atoms with Crippen molar-refractivity contribution >= 4 is 46.0 Å². The molecule has 0 radical (unpaired) electrons. The highest BCUT2D eigenvalue weighted by atomic mass is 32.1. The molecule has 9 nitrogen and oxygen atoms in total. The van der Waals surface area contributed by atoms with E-state index >= 15 is 0 Å². The zero-order valence-electron chi connectivity index (χ0n) is 16.0. The van der Waals surface area contributed by atoms with E-state index in [-0.39, 0.29) is 5.91 Å². The van der Waals surface area contributed by atoms with E-state index in [0.29, 0.717) is 37.6 Å². The van der Waals surface area contributed by atoms with Crippen LogP contribution in [0.25, 0.3) is 11.0 Å². The molecule has 150 valence electrons. The molecule has 30 heavy (non-hydrogen) atoms. The second kappa shape index (κ2) is 7.99. The van der Waals surface area contributed by atoms with Gasteiger partial charge in [-0.2, -0.15) is 8.75 Å². The molecule has 4 aromatic rings. The lowest BCUT2D eigenvalue weighted by molar-refractivity contribution is 0.0746. The Kier molecular flexibility index (Phi) is 4.89. The molecule has 1 N–H and O–H groups in total. The number of rotatable bonds is 4. The van der Waals surface area contributed by atoms with Crippen molar-refractivity contribution < 1.29 is 4.79 Å². The van der Waals surface area contributed by atoms with Gasteiger partial charge in [-0.1, -0.05) is 0 Å². The van der Waals surface area contributed by atoms with Crippen LogP contribution >= 0.6 is 11.7 Å². The molecule has 10 heteroatoms. The number of nitrogens with one attached hydrogen (secondary N) is 1. The van der Waals surface area contributed by atoms with Crippen LogP contribution in [0.3, 0.4) is 0 Å². The van der Waals surface area contributed by atoms with E-state index in [9.17, 15) is 4.79 Å². The van der Waals surface area contributed by atoms with Gasteiger partial charge in [0.1, 0.15) is 11.0 Å². The molecule has 0 saturated carbocycles. The van der Waals surface area contributed by atoms with Crippen LogP contribution in [0.5, 0.6) is 0 Å². The van der Waals surface area contributed by atoms with E-state index in [4.69, 9.17) is 0 Å². The normalized spacial score (nSPS) is 14.1. The molecule has 0 unspecified atom stereocenters. The van der Waals surface area contributed by atoms with Crippen LogP contribution in [0.2, 0.25) is 0 Å². The molecule has 4 heterocycles. The fourth-order valence-corrected chi connectivity index (χ4v) is 3.90. The third-order valence-corrected chi connectivity index (χ3v) is 5.55. The molecule has 0 spiro atoms. The molecule has 1 fully saturated rings. The van der Waals surface area contributed by atoms with Crippen molar-refractivity contribution in [1.82, 2.24) is 28.8 Å². The molecule has 0 atom stereocenters. The smallest absolute Gasteiger partial charge is 0.254 e. The maximum atomic E-state index is 12.8. The summed E-state index contributed by atoms with van der Waals surface area (Å²) >= 11 is 1.16. The summed E-state index contributed by atoms with van der Waals surface area (Å²) < 4.78 is 8.40. The number of fused-ring (bicyclic) bond motifs is 1. The number of hydrogen-bond acceptors (Lipinski definition) is 9. The molecule has 1 aliphatic rings. The summed E-state index contributed by atoms with van der Waals surface area (Å²) in [6.07, 6.45) is 3.44. The van der Waals surface area contributed by atoms with Gasteiger partial charge < -0.3 is 15.1 Å². The number of piperazine rings is 1. The van der Waals surface area contributed by atoms with Crippen LogP contribution in [0.15, 0.2) is 54.9 Å². The molecule has 0 aliphatic carbocycles. The third kappa shape index (κ3) is 3.77. The minimum atomic E-state index is 0.0209. The minimum absolute atomic E-state index is 0.0209. The average Bonchev–Trinajstić information content (AvgIpc) is 3.28. The largest absolute Gasteiger partial charge is 0.352 e. The lowest BCUT2D eigenvalue weighted by Gasteiger charge is -2.35. The molecular weight excluding hydrogens is 400 g/mol. The Morgan fingerprint density at radius 1 is 0.900 bits per heavy atom. The summed E-state index contributed by atoms with van der Waals surface area (Å²) in [7, 11) is 0. The number of nitrogens with zero attached hydrogens (tertiary/aromatic N) is 7. The second-order valence-electron chi connectivity index (χ2n) is 6.88. The van der Waals surface area contributed by atoms with Crippen molar-refractivity contribution in [3.05, 3.63) is 60.4 Å². The Labute approximate surface area is 176 Å². The van der Waals surface area contributed by atoms with Crippen molar-refractivity contribution in [3.8, 4) is 0 Å². The maximum Gasteiger partial charge on any atom is 0.254 e. The van der Waals surface area contributed by atoms with Gasteiger partial charge in [-0.3, -0.25) is 9.78 Å². The minimum Gasteiger partial charge on any atom is -0.352 e. The molecule has 0 bridgehead atoms. The van der Waals surface area contributed by atoms with E-state index < -0.39 is 0 Å².